The molecular formula is C20H28N2O3. The van der Waals surface area contributed by atoms with Crippen LogP contribution in [-0.4, -0.2) is 49.3 Å². The first-order chi connectivity index (χ1) is 12.3. The zero-order chi connectivity index (χ0) is 17.1. The minimum Gasteiger partial charge on any atom is -0.493 e. The number of nitrogens with zero attached hydrogens (tertiary/aromatic N) is 1. The lowest BCUT2D eigenvalue weighted by Gasteiger charge is -2.32. The van der Waals surface area contributed by atoms with Crippen molar-refractivity contribution in [2.45, 2.75) is 57.2 Å². The zero-order valence-corrected chi connectivity index (χ0v) is 14.8. The first-order valence-electron chi connectivity index (χ1n) is 9.65. The lowest BCUT2D eigenvalue weighted by Crippen LogP contribution is -2.46. The third-order valence-electron chi connectivity index (χ3n) is 5.61. The molecule has 136 valence electrons. The van der Waals surface area contributed by atoms with Gasteiger partial charge in [-0.15, -0.1) is 0 Å². The van der Waals surface area contributed by atoms with E-state index in [0.29, 0.717) is 25.6 Å². The van der Waals surface area contributed by atoms with Crippen molar-refractivity contribution in [1.82, 2.24) is 10.2 Å². The summed E-state index contributed by atoms with van der Waals surface area (Å²) in [7, 11) is 0. The minimum atomic E-state index is 0.151. The van der Waals surface area contributed by atoms with Gasteiger partial charge in [0.2, 0.25) is 5.91 Å². The number of hydrogen-bond acceptors (Lipinski definition) is 4. The molecule has 0 bridgehead atoms. The molecule has 1 N–H and O–H groups in total. The van der Waals surface area contributed by atoms with Crippen LogP contribution in [0.1, 0.15) is 43.2 Å². The molecule has 2 heterocycles. The number of nitrogens with one attached hydrogen (secondary N) is 1. The van der Waals surface area contributed by atoms with Crippen LogP contribution in [0.25, 0.3) is 0 Å². The van der Waals surface area contributed by atoms with Gasteiger partial charge in [0.05, 0.1) is 19.8 Å². The molecule has 1 unspecified atom stereocenters. The molecule has 0 radical (unpaired) electrons. The van der Waals surface area contributed by atoms with E-state index in [1.54, 1.807) is 0 Å². The van der Waals surface area contributed by atoms with Gasteiger partial charge in [-0.3, -0.25) is 4.79 Å². The van der Waals surface area contributed by atoms with E-state index in [4.69, 9.17) is 9.47 Å². The molecular weight excluding hydrogens is 316 g/mol. The van der Waals surface area contributed by atoms with Gasteiger partial charge >= 0.3 is 0 Å². The fraction of sp³-hybridized carbons (Fsp3) is 0.650. The normalized spacial score (nSPS) is 23.3. The van der Waals surface area contributed by atoms with E-state index in [9.17, 15) is 4.79 Å². The zero-order valence-electron chi connectivity index (χ0n) is 14.8. The number of morpholine rings is 1. The smallest absolute Gasteiger partial charge is 0.224 e. The fourth-order valence-electron chi connectivity index (χ4n) is 4.25. The number of benzene rings is 1. The maximum atomic E-state index is 13.0. The lowest BCUT2D eigenvalue weighted by molar-refractivity contribution is -0.135. The second kappa shape index (κ2) is 7.75. The highest BCUT2D eigenvalue weighted by molar-refractivity contribution is 5.77. The van der Waals surface area contributed by atoms with Crippen LogP contribution in [0.4, 0.5) is 0 Å². The third-order valence-corrected chi connectivity index (χ3v) is 5.61. The Hall–Kier alpha value is -1.59. The molecule has 2 fully saturated rings. The van der Waals surface area contributed by atoms with Crippen LogP contribution in [0.5, 0.6) is 5.75 Å². The lowest BCUT2D eigenvalue weighted by atomic mass is 10.1. The molecule has 5 nitrogen and oxygen atoms in total. The molecule has 1 amide bonds. The molecule has 1 atom stereocenters. The summed E-state index contributed by atoms with van der Waals surface area (Å²) in [6.07, 6.45) is 6.24. The van der Waals surface area contributed by atoms with E-state index in [-0.39, 0.29) is 11.9 Å². The van der Waals surface area contributed by atoms with Crippen LogP contribution in [0, 0.1) is 0 Å². The van der Waals surface area contributed by atoms with Gasteiger partial charge in [-0.05, 0) is 30.0 Å². The SMILES string of the molecule is O=C(CC1COCCN1)N(Cc1ccc2c(c1)CCO2)C1CCCC1. The Bertz CT molecular complexity index is 607. The number of carbonyl (C=O) groups is 1. The van der Waals surface area contributed by atoms with Gasteiger partial charge < -0.3 is 19.7 Å². The number of carbonyl (C=O) groups excluding carboxylic acids is 1. The summed E-state index contributed by atoms with van der Waals surface area (Å²) in [6.45, 7) is 3.71. The van der Waals surface area contributed by atoms with E-state index in [0.717, 1.165) is 44.8 Å². The van der Waals surface area contributed by atoms with Crippen molar-refractivity contribution in [2.24, 2.45) is 0 Å². The molecule has 1 aromatic rings. The monoisotopic (exact) mass is 344 g/mol. The number of fused-ring (bicyclic) bond motifs is 1. The van der Waals surface area contributed by atoms with Crippen molar-refractivity contribution in [3.8, 4) is 5.75 Å². The van der Waals surface area contributed by atoms with Crippen LogP contribution in [0.2, 0.25) is 0 Å². The Morgan fingerprint density at radius 3 is 2.92 bits per heavy atom. The average molecular weight is 344 g/mol. The van der Waals surface area contributed by atoms with Gasteiger partial charge in [-0.2, -0.15) is 0 Å². The van der Waals surface area contributed by atoms with Crippen LogP contribution in [0.3, 0.4) is 0 Å². The Labute approximate surface area is 149 Å². The Morgan fingerprint density at radius 2 is 2.12 bits per heavy atom. The third kappa shape index (κ3) is 3.98. The predicted octanol–water partition coefficient (Wildman–Crippen LogP) is 2.27. The predicted molar refractivity (Wildman–Crippen MR) is 95.7 cm³/mol. The highest BCUT2D eigenvalue weighted by atomic mass is 16.5. The van der Waals surface area contributed by atoms with Gasteiger partial charge in [0.1, 0.15) is 5.75 Å². The summed E-state index contributed by atoms with van der Waals surface area (Å²) in [5, 5.41) is 3.40. The summed E-state index contributed by atoms with van der Waals surface area (Å²) < 4.78 is 11.1. The number of amides is 1. The molecule has 5 heteroatoms. The van der Waals surface area contributed by atoms with Gasteiger partial charge in [0, 0.05) is 38.0 Å². The van der Waals surface area contributed by atoms with E-state index < -0.39 is 0 Å². The molecule has 0 aromatic heterocycles. The number of ether oxygens (including phenoxy) is 2. The van der Waals surface area contributed by atoms with Crippen molar-refractivity contribution in [2.75, 3.05) is 26.4 Å². The molecule has 3 aliphatic rings. The molecule has 4 rings (SSSR count). The minimum absolute atomic E-state index is 0.151. The molecule has 1 aliphatic carbocycles. The van der Waals surface area contributed by atoms with E-state index in [1.165, 1.54) is 24.0 Å². The van der Waals surface area contributed by atoms with Gasteiger partial charge in [-0.25, -0.2) is 0 Å². The van der Waals surface area contributed by atoms with Crippen molar-refractivity contribution >= 4 is 5.91 Å². The van der Waals surface area contributed by atoms with Gasteiger partial charge in [0.25, 0.3) is 0 Å². The van der Waals surface area contributed by atoms with Crippen molar-refractivity contribution in [3.63, 3.8) is 0 Å². The molecule has 25 heavy (non-hydrogen) atoms. The summed E-state index contributed by atoms with van der Waals surface area (Å²) >= 11 is 0. The highest BCUT2D eigenvalue weighted by Crippen LogP contribution is 2.29. The summed E-state index contributed by atoms with van der Waals surface area (Å²) in [5.41, 5.74) is 2.50. The molecule has 1 aromatic carbocycles. The van der Waals surface area contributed by atoms with Crippen LogP contribution >= 0.6 is 0 Å². The van der Waals surface area contributed by atoms with Crippen LogP contribution in [0.15, 0.2) is 18.2 Å². The number of hydrogen-bond donors (Lipinski definition) is 1. The second-order valence-corrected chi connectivity index (χ2v) is 7.43. The summed E-state index contributed by atoms with van der Waals surface area (Å²) in [5.74, 6) is 1.26. The largest absolute Gasteiger partial charge is 0.493 e. The summed E-state index contributed by atoms with van der Waals surface area (Å²) in [6, 6.07) is 6.94. The number of rotatable bonds is 5. The maximum Gasteiger partial charge on any atom is 0.224 e. The second-order valence-electron chi connectivity index (χ2n) is 7.43. The Kier molecular flexibility index (Phi) is 5.22. The van der Waals surface area contributed by atoms with Crippen LogP contribution < -0.4 is 10.1 Å². The van der Waals surface area contributed by atoms with Gasteiger partial charge in [-0.1, -0.05) is 25.0 Å². The van der Waals surface area contributed by atoms with E-state index in [1.807, 2.05) is 0 Å². The van der Waals surface area contributed by atoms with Crippen molar-refractivity contribution in [3.05, 3.63) is 29.3 Å². The van der Waals surface area contributed by atoms with Crippen molar-refractivity contribution < 1.29 is 14.3 Å². The van der Waals surface area contributed by atoms with E-state index in [2.05, 4.69) is 28.4 Å². The molecule has 2 aliphatic heterocycles. The first kappa shape index (κ1) is 16.9. The standard InChI is InChI=1S/C20H28N2O3/c23-20(12-17-14-24-10-8-21-17)22(18-3-1-2-4-18)13-15-5-6-19-16(11-15)7-9-25-19/h5-6,11,17-18,21H,1-4,7-10,12-14H2. The maximum absolute atomic E-state index is 13.0. The Balaban J connectivity index is 1.46. The van der Waals surface area contributed by atoms with Crippen molar-refractivity contribution in [1.29, 1.82) is 0 Å². The quantitative estimate of drug-likeness (QED) is 0.890. The summed E-state index contributed by atoms with van der Waals surface area (Å²) in [4.78, 5) is 15.2. The molecule has 0 spiro atoms. The fourth-order valence-corrected chi connectivity index (χ4v) is 4.25. The topological polar surface area (TPSA) is 50.8 Å². The molecule has 1 saturated heterocycles. The molecule has 1 saturated carbocycles. The Morgan fingerprint density at radius 1 is 1.24 bits per heavy atom. The van der Waals surface area contributed by atoms with Gasteiger partial charge in [0.15, 0.2) is 0 Å². The van der Waals surface area contributed by atoms with E-state index >= 15 is 0 Å². The highest BCUT2D eigenvalue weighted by Gasteiger charge is 2.29. The van der Waals surface area contributed by atoms with Crippen LogP contribution in [-0.2, 0) is 22.5 Å². The average Bonchev–Trinajstić information content (AvgIpc) is 3.31. The first-order valence-corrected chi connectivity index (χ1v) is 9.65.